The molecule has 3 heteroatoms. The first-order valence-electron chi connectivity index (χ1n) is 13.5. The maximum absolute atomic E-state index is 5.68. The molecule has 0 aromatic heterocycles. The molecule has 0 aliphatic carbocycles. The number of nitrogens with two attached hydrogens (primary N) is 2. The summed E-state index contributed by atoms with van der Waals surface area (Å²) < 4.78 is 0. The van der Waals surface area contributed by atoms with Gasteiger partial charge in [-0.25, -0.2) is 0 Å². The SMILES string of the molecule is CCCCCCCCCCCNCCCCC(CCCCN)CCCCCCN. The molecule has 0 aliphatic heterocycles. The number of rotatable bonds is 25. The van der Waals surface area contributed by atoms with Crippen LogP contribution in [-0.4, -0.2) is 26.2 Å². The fraction of sp³-hybridized carbons (Fsp3) is 1.00. The molecule has 0 saturated carbocycles. The van der Waals surface area contributed by atoms with Gasteiger partial charge in [-0.2, -0.15) is 0 Å². The maximum Gasteiger partial charge on any atom is -0.00489 e. The molecule has 0 heterocycles. The van der Waals surface area contributed by atoms with Crippen LogP contribution in [0.1, 0.15) is 135 Å². The van der Waals surface area contributed by atoms with Crippen LogP contribution in [0, 0.1) is 5.92 Å². The molecule has 0 amide bonds. The molecular formula is C26H57N3. The average molecular weight is 412 g/mol. The lowest BCUT2D eigenvalue weighted by atomic mass is 9.90. The Labute approximate surface area is 184 Å². The zero-order valence-electron chi connectivity index (χ0n) is 20.2. The quantitative estimate of drug-likeness (QED) is 0.143. The second-order valence-electron chi connectivity index (χ2n) is 9.22. The molecule has 0 radical (unpaired) electrons. The summed E-state index contributed by atoms with van der Waals surface area (Å²) in [4.78, 5) is 0. The molecule has 176 valence electrons. The minimum absolute atomic E-state index is 0.853. The van der Waals surface area contributed by atoms with E-state index in [4.69, 9.17) is 11.5 Å². The predicted octanol–water partition coefficient (Wildman–Crippen LogP) is 6.93. The minimum atomic E-state index is 0.853. The summed E-state index contributed by atoms with van der Waals surface area (Å²) in [5, 5.41) is 3.67. The third-order valence-corrected chi connectivity index (χ3v) is 6.31. The van der Waals surface area contributed by atoms with Gasteiger partial charge in [-0.15, -0.1) is 0 Å². The van der Waals surface area contributed by atoms with Crippen molar-refractivity contribution >= 4 is 0 Å². The molecule has 0 aromatic carbocycles. The van der Waals surface area contributed by atoms with E-state index in [2.05, 4.69) is 12.2 Å². The lowest BCUT2D eigenvalue weighted by Gasteiger charge is -2.17. The summed E-state index contributed by atoms with van der Waals surface area (Å²) in [5.41, 5.74) is 11.3. The monoisotopic (exact) mass is 411 g/mol. The third kappa shape index (κ3) is 24.0. The summed E-state index contributed by atoms with van der Waals surface area (Å²) >= 11 is 0. The fourth-order valence-corrected chi connectivity index (χ4v) is 4.31. The zero-order chi connectivity index (χ0) is 21.3. The molecule has 1 atom stereocenters. The second-order valence-corrected chi connectivity index (χ2v) is 9.22. The summed E-state index contributed by atoms with van der Waals surface area (Å²) in [6.07, 6.45) is 27.5. The van der Waals surface area contributed by atoms with Gasteiger partial charge in [0.2, 0.25) is 0 Å². The van der Waals surface area contributed by atoms with Crippen LogP contribution < -0.4 is 16.8 Å². The van der Waals surface area contributed by atoms with Gasteiger partial charge >= 0.3 is 0 Å². The maximum atomic E-state index is 5.68. The smallest absolute Gasteiger partial charge is 0.00489 e. The molecule has 0 saturated heterocycles. The number of hydrogen-bond donors (Lipinski definition) is 3. The molecule has 0 rings (SSSR count). The van der Waals surface area contributed by atoms with E-state index in [0.717, 1.165) is 19.0 Å². The van der Waals surface area contributed by atoms with E-state index >= 15 is 0 Å². The van der Waals surface area contributed by atoms with Gasteiger partial charge in [0.05, 0.1) is 0 Å². The van der Waals surface area contributed by atoms with E-state index < -0.39 is 0 Å². The highest BCUT2D eigenvalue weighted by atomic mass is 14.8. The molecule has 0 spiro atoms. The van der Waals surface area contributed by atoms with Crippen molar-refractivity contribution in [1.29, 1.82) is 0 Å². The van der Waals surface area contributed by atoms with Crippen molar-refractivity contribution in [1.82, 2.24) is 5.32 Å². The number of hydrogen-bond acceptors (Lipinski definition) is 3. The Balaban J connectivity index is 3.48. The lowest BCUT2D eigenvalue weighted by molar-refractivity contribution is 0.371. The molecule has 0 bridgehead atoms. The standard InChI is InChI=1S/C26H57N3/c1-2-3-4-5-6-7-8-11-17-24-29-25-18-14-21-26(20-13-16-23-28)19-12-9-10-15-22-27/h26,29H,2-25,27-28H2,1H3. The van der Waals surface area contributed by atoms with E-state index in [0.29, 0.717) is 0 Å². The van der Waals surface area contributed by atoms with E-state index in [-0.39, 0.29) is 0 Å². The lowest BCUT2D eigenvalue weighted by Crippen LogP contribution is -2.17. The molecule has 3 nitrogen and oxygen atoms in total. The van der Waals surface area contributed by atoms with Crippen molar-refractivity contribution in [3.8, 4) is 0 Å². The zero-order valence-corrected chi connectivity index (χ0v) is 20.2. The van der Waals surface area contributed by atoms with Crippen LogP contribution in [0.4, 0.5) is 0 Å². The van der Waals surface area contributed by atoms with Crippen LogP contribution in [0.5, 0.6) is 0 Å². The van der Waals surface area contributed by atoms with Crippen molar-refractivity contribution in [2.75, 3.05) is 26.2 Å². The summed E-state index contributed by atoms with van der Waals surface area (Å²) in [6, 6.07) is 0. The van der Waals surface area contributed by atoms with Crippen LogP contribution in [0.2, 0.25) is 0 Å². The first kappa shape index (κ1) is 28.9. The van der Waals surface area contributed by atoms with Gasteiger partial charge in [-0.3, -0.25) is 0 Å². The van der Waals surface area contributed by atoms with Crippen molar-refractivity contribution < 1.29 is 0 Å². The predicted molar refractivity (Wildman–Crippen MR) is 132 cm³/mol. The van der Waals surface area contributed by atoms with E-state index in [9.17, 15) is 0 Å². The second kappa shape index (κ2) is 25.9. The normalized spacial score (nSPS) is 12.5. The summed E-state index contributed by atoms with van der Waals surface area (Å²) in [5.74, 6) is 0.928. The van der Waals surface area contributed by atoms with Gasteiger partial charge in [0.1, 0.15) is 0 Å². The molecule has 5 N–H and O–H groups in total. The highest BCUT2D eigenvalue weighted by Crippen LogP contribution is 2.22. The Morgan fingerprint density at radius 2 is 0.862 bits per heavy atom. The minimum Gasteiger partial charge on any atom is -0.330 e. The van der Waals surface area contributed by atoms with Gasteiger partial charge in [-0.05, 0) is 57.8 Å². The van der Waals surface area contributed by atoms with E-state index in [1.165, 1.54) is 142 Å². The topological polar surface area (TPSA) is 64.1 Å². The van der Waals surface area contributed by atoms with Crippen LogP contribution in [0.15, 0.2) is 0 Å². The van der Waals surface area contributed by atoms with E-state index in [1.807, 2.05) is 0 Å². The van der Waals surface area contributed by atoms with Gasteiger partial charge in [0, 0.05) is 0 Å². The van der Waals surface area contributed by atoms with Crippen LogP contribution >= 0.6 is 0 Å². The Morgan fingerprint density at radius 3 is 1.45 bits per heavy atom. The van der Waals surface area contributed by atoms with Crippen LogP contribution in [0.25, 0.3) is 0 Å². The van der Waals surface area contributed by atoms with Gasteiger partial charge in [-0.1, -0.05) is 110 Å². The fourth-order valence-electron chi connectivity index (χ4n) is 4.31. The number of unbranched alkanes of at least 4 members (excludes halogenated alkanes) is 13. The Bertz CT molecular complexity index is 283. The molecular weight excluding hydrogens is 354 g/mol. The van der Waals surface area contributed by atoms with Crippen LogP contribution in [-0.2, 0) is 0 Å². The highest BCUT2D eigenvalue weighted by Gasteiger charge is 2.08. The summed E-state index contributed by atoms with van der Waals surface area (Å²) in [6.45, 7) is 6.43. The molecule has 0 aromatic rings. The molecule has 29 heavy (non-hydrogen) atoms. The Morgan fingerprint density at radius 1 is 0.483 bits per heavy atom. The first-order valence-corrected chi connectivity index (χ1v) is 13.5. The van der Waals surface area contributed by atoms with Gasteiger partial charge < -0.3 is 16.8 Å². The highest BCUT2D eigenvalue weighted by molar-refractivity contribution is 4.62. The average Bonchev–Trinajstić information content (AvgIpc) is 2.73. The van der Waals surface area contributed by atoms with E-state index in [1.54, 1.807) is 0 Å². The molecule has 0 fully saturated rings. The first-order chi connectivity index (χ1) is 14.3. The molecule has 1 unspecified atom stereocenters. The number of nitrogens with one attached hydrogen (secondary N) is 1. The van der Waals surface area contributed by atoms with Crippen molar-refractivity contribution in [3.63, 3.8) is 0 Å². The summed E-state index contributed by atoms with van der Waals surface area (Å²) in [7, 11) is 0. The van der Waals surface area contributed by atoms with Crippen molar-refractivity contribution in [2.45, 2.75) is 135 Å². The van der Waals surface area contributed by atoms with Crippen molar-refractivity contribution in [2.24, 2.45) is 17.4 Å². The van der Waals surface area contributed by atoms with Gasteiger partial charge in [0.25, 0.3) is 0 Å². The Hall–Kier alpha value is -0.120. The van der Waals surface area contributed by atoms with Crippen LogP contribution in [0.3, 0.4) is 0 Å². The largest absolute Gasteiger partial charge is 0.330 e. The third-order valence-electron chi connectivity index (χ3n) is 6.31. The molecule has 0 aliphatic rings. The van der Waals surface area contributed by atoms with Crippen molar-refractivity contribution in [3.05, 3.63) is 0 Å². The van der Waals surface area contributed by atoms with Gasteiger partial charge in [0.15, 0.2) is 0 Å². The Kier molecular flexibility index (Phi) is 25.8.